The average Bonchev–Trinajstić information content (AvgIpc) is 2.47. The van der Waals surface area contributed by atoms with E-state index in [1.807, 2.05) is 0 Å². The van der Waals surface area contributed by atoms with Gasteiger partial charge in [0.2, 0.25) is 5.91 Å². The van der Waals surface area contributed by atoms with Crippen molar-refractivity contribution < 1.29 is 74.3 Å². The minimum Gasteiger partial charge on any atom is -0.548 e. The van der Waals surface area contributed by atoms with Crippen molar-refractivity contribution in [3.05, 3.63) is 0 Å². The number of nitrogens with zero attached hydrogens (tertiary/aromatic N) is 1. The van der Waals surface area contributed by atoms with Crippen molar-refractivity contribution in [2.24, 2.45) is 0 Å². The Kier molecular flexibility index (Phi) is 5.23. The number of fused-ring (bicyclic) bond motifs is 1. The van der Waals surface area contributed by atoms with Crippen LogP contribution in [0.15, 0.2) is 0 Å². The third kappa shape index (κ3) is 2.67. The van der Waals surface area contributed by atoms with Crippen molar-refractivity contribution in [2.75, 3.05) is 0 Å². The molecule has 2 saturated heterocycles. The number of carboxylic acids is 1. The van der Waals surface area contributed by atoms with Gasteiger partial charge in [0.25, 0.3) is 0 Å². The van der Waals surface area contributed by atoms with Crippen molar-refractivity contribution in [1.82, 2.24) is 9.62 Å². The van der Waals surface area contributed by atoms with Crippen LogP contribution in [0.5, 0.6) is 0 Å². The molecule has 0 aromatic heterocycles. The van der Waals surface area contributed by atoms with Gasteiger partial charge in [-0.2, -0.15) is 17.9 Å². The average molecular weight is 402 g/mol. The second kappa shape index (κ2) is 5.81. The molecule has 2 aliphatic heterocycles. The van der Waals surface area contributed by atoms with Gasteiger partial charge in [-0.15, -0.1) is 0 Å². The third-order valence-corrected chi connectivity index (χ3v) is 7.88. The Labute approximate surface area is 156 Å². The monoisotopic (exact) mass is 402 g/mol. The number of aliphatic carboxylic acids is 1. The Morgan fingerprint density at radius 2 is 1.79 bits per heavy atom. The number of carbonyl (C=O) groups is 2. The molecule has 0 unspecified atom stereocenters. The van der Waals surface area contributed by atoms with Crippen LogP contribution in [0.3, 0.4) is 0 Å². The van der Waals surface area contributed by atoms with Crippen LogP contribution in [-0.4, -0.2) is 61.3 Å². The largest absolute Gasteiger partial charge is 1.00 e. The molecule has 3 atom stereocenters. The fourth-order valence-electron chi connectivity index (χ4n) is 2.63. The molecule has 0 aromatic rings. The van der Waals surface area contributed by atoms with Crippen molar-refractivity contribution in [2.45, 2.75) is 41.6 Å². The molecule has 0 saturated carbocycles. The number of carboxylic acid groups (broad SMARTS) is 1. The van der Waals surface area contributed by atoms with Gasteiger partial charge in [0.1, 0.15) is 6.04 Å². The molecule has 1 N–H and O–H groups in total. The number of halogens is 3. The molecule has 2 rings (SSSR count). The van der Waals surface area contributed by atoms with Gasteiger partial charge in [-0.3, -0.25) is 4.79 Å². The molecule has 2 aliphatic rings. The summed E-state index contributed by atoms with van der Waals surface area (Å²) in [7, 11) is -10.4. The molecule has 0 aliphatic carbocycles. The third-order valence-electron chi connectivity index (χ3n) is 3.88. The number of nitrogens with one attached hydrogen (secondary N) is 1. The Hall–Kier alpha value is -0.410. The predicted molar refractivity (Wildman–Crippen MR) is 64.3 cm³/mol. The first kappa shape index (κ1) is 21.6. The zero-order chi connectivity index (χ0) is 18.2. The summed E-state index contributed by atoms with van der Waals surface area (Å²) in [5, 5.41) is 9.07. The maximum Gasteiger partial charge on any atom is 1.00 e. The van der Waals surface area contributed by atoms with Crippen molar-refractivity contribution in [3.63, 3.8) is 0 Å². The van der Waals surface area contributed by atoms with Crippen molar-refractivity contribution in [1.29, 1.82) is 0 Å². The standard InChI is InChI=1S/C9H11F3N2O7S2.Na/c1-8(2)4(7(16)17)14-5(15)3(6(14)22(8,18)19)13-23(20,21)9(10,11)12;/h3-4,6,13H,1-2H3,(H,16,17);/q;+1/p-1/t3-,4+,6-;/m1./s1. The minimum absolute atomic E-state index is 0. The normalized spacial score (nSPS) is 31.0. The van der Waals surface area contributed by atoms with Gasteiger partial charge in [0.15, 0.2) is 15.2 Å². The molecule has 132 valence electrons. The van der Waals surface area contributed by atoms with Gasteiger partial charge >= 0.3 is 45.1 Å². The molecule has 0 spiro atoms. The van der Waals surface area contributed by atoms with E-state index in [-0.39, 0.29) is 29.6 Å². The smallest absolute Gasteiger partial charge is 0.548 e. The summed E-state index contributed by atoms with van der Waals surface area (Å²) in [6, 6.07) is -4.17. The summed E-state index contributed by atoms with van der Waals surface area (Å²) in [6.45, 7) is 1.92. The Morgan fingerprint density at radius 1 is 1.33 bits per heavy atom. The first-order valence-corrected chi connectivity index (χ1v) is 8.95. The molecular formula is C9H10F3N2NaO7S2. The molecule has 9 nitrogen and oxygen atoms in total. The van der Waals surface area contributed by atoms with E-state index in [4.69, 9.17) is 0 Å². The molecule has 2 fully saturated rings. The van der Waals surface area contributed by atoms with Gasteiger partial charge in [-0.05, 0) is 13.8 Å². The van der Waals surface area contributed by atoms with Gasteiger partial charge in [0.05, 0.1) is 16.8 Å². The topological polar surface area (TPSA) is 141 Å². The number of sulfonamides is 1. The van der Waals surface area contributed by atoms with E-state index in [0.29, 0.717) is 4.90 Å². The van der Waals surface area contributed by atoms with E-state index in [1.54, 1.807) is 0 Å². The Bertz CT molecular complexity index is 792. The van der Waals surface area contributed by atoms with Crippen LogP contribution in [0.4, 0.5) is 13.2 Å². The van der Waals surface area contributed by atoms with Gasteiger partial charge in [0, 0.05) is 0 Å². The summed E-state index contributed by atoms with van der Waals surface area (Å²) < 4.78 is 82.6. The summed E-state index contributed by atoms with van der Waals surface area (Å²) >= 11 is 0. The number of hydrogen-bond acceptors (Lipinski definition) is 7. The summed E-state index contributed by atoms with van der Waals surface area (Å²) in [4.78, 5) is 23.2. The molecule has 15 heteroatoms. The molecule has 2 heterocycles. The number of carbonyl (C=O) groups excluding carboxylic acids is 2. The predicted octanol–water partition coefficient (Wildman–Crippen LogP) is -5.71. The van der Waals surface area contributed by atoms with Crippen LogP contribution >= 0.6 is 0 Å². The molecule has 0 aromatic carbocycles. The fraction of sp³-hybridized carbons (Fsp3) is 0.778. The van der Waals surface area contributed by atoms with E-state index in [1.165, 1.54) is 0 Å². The van der Waals surface area contributed by atoms with Gasteiger partial charge in [-0.25, -0.2) is 16.8 Å². The first-order chi connectivity index (χ1) is 10.1. The molecule has 0 bridgehead atoms. The maximum atomic E-state index is 12.3. The second-order valence-corrected chi connectivity index (χ2v) is 9.88. The van der Waals surface area contributed by atoms with Gasteiger partial charge in [-0.1, -0.05) is 0 Å². The number of β-lactam (4-membered cyclic amide) rings is 1. The van der Waals surface area contributed by atoms with Crippen LogP contribution < -0.4 is 39.4 Å². The maximum absolute atomic E-state index is 12.3. The quantitative estimate of drug-likeness (QED) is 0.366. The molecule has 24 heavy (non-hydrogen) atoms. The van der Waals surface area contributed by atoms with Crippen molar-refractivity contribution >= 4 is 31.7 Å². The summed E-state index contributed by atoms with van der Waals surface area (Å²) in [5.41, 5.74) is -5.75. The van der Waals surface area contributed by atoms with Crippen LogP contribution in [0, 0.1) is 0 Å². The van der Waals surface area contributed by atoms with E-state index >= 15 is 0 Å². The van der Waals surface area contributed by atoms with Crippen LogP contribution in [-0.2, 0) is 29.4 Å². The van der Waals surface area contributed by atoms with Gasteiger partial charge < -0.3 is 14.8 Å². The minimum atomic E-state index is -5.98. The van der Waals surface area contributed by atoms with Crippen LogP contribution in [0.1, 0.15) is 13.8 Å². The zero-order valence-corrected chi connectivity index (χ0v) is 16.1. The van der Waals surface area contributed by atoms with Crippen LogP contribution in [0.25, 0.3) is 0 Å². The van der Waals surface area contributed by atoms with E-state index in [0.717, 1.165) is 18.6 Å². The van der Waals surface area contributed by atoms with E-state index < -0.39 is 59.4 Å². The summed E-state index contributed by atoms with van der Waals surface area (Å²) in [5.74, 6) is -3.29. The van der Waals surface area contributed by atoms with E-state index in [9.17, 15) is 44.7 Å². The molecule has 1 amide bonds. The fourth-order valence-corrected chi connectivity index (χ4v) is 5.63. The zero-order valence-electron chi connectivity index (χ0n) is 12.5. The van der Waals surface area contributed by atoms with Crippen LogP contribution in [0.2, 0.25) is 0 Å². The SMILES string of the molecule is CC1(C)[C@H](C(=O)[O-])N2C(=O)[C@@H](NS(=O)(=O)C(F)(F)F)[C@H]2S1(=O)=O.[Na+]. The number of sulfone groups is 1. The summed E-state index contributed by atoms with van der Waals surface area (Å²) in [6.07, 6.45) is 0. The number of hydrogen-bond donors (Lipinski definition) is 1. The molecule has 0 radical (unpaired) electrons. The second-order valence-electron chi connectivity index (χ2n) is 5.55. The Balaban J connectivity index is 0.00000288. The Morgan fingerprint density at radius 3 is 2.17 bits per heavy atom. The van der Waals surface area contributed by atoms with E-state index in [2.05, 4.69) is 0 Å². The number of alkyl halides is 3. The first-order valence-electron chi connectivity index (χ1n) is 5.92. The van der Waals surface area contributed by atoms with Crippen molar-refractivity contribution in [3.8, 4) is 0 Å². The number of amides is 1. The number of rotatable bonds is 3. The molecular weight excluding hydrogens is 392 g/mol.